The van der Waals surface area contributed by atoms with E-state index < -0.39 is 0 Å². The molecule has 1 amide bonds. The van der Waals surface area contributed by atoms with Crippen molar-refractivity contribution in [2.45, 2.75) is 39.3 Å². The van der Waals surface area contributed by atoms with Crippen molar-refractivity contribution in [3.8, 4) is 0 Å². The van der Waals surface area contributed by atoms with Gasteiger partial charge in [-0.3, -0.25) is 9.48 Å². The molecular weight excluding hydrogens is 216 g/mol. The van der Waals surface area contributed by atoms with E-state index in [9.17, 15) is 4.79 Å². The van der Waals surface area contributed by atoms with Gasteiger partial charge in [-0.25, -0.2) is 0 Å². The Morgan fingerprint density at radius 3 is 3.06 bits per heavy atom. The SMILES string of the molecule is CCc1cc(C(=O)NC2CCNC2)n(CC)n1. The normalized spacial score (nSPS) is 19.5. The highest BCUT2D eigenvalue weighted by Crippen LogP contribution is 2.07. The molecule has 1 aliphatic heterocycles. The van der Waals surface area contributed by atoms with Crippen LogP contribution in [0.2, 0.25) is 0 Å². The Kier molecular flexibility index (Phi) is 3.78. The molecule has 1 aliphatic rings. The molecule has 1 aromatic rings. The Morgan fingerprint density at radius 2 is 2.47 bits per heavy atom. The van der Waals surface area contributed by atoms with Gasteiger partial charge in [0.2, 0.25) is 0 Å². The lowest BCUT2D eigenvalue weighted by molar-refractivity contribution is 0.0929. The predicted octanol–water partition coefficient (Wildman–Crippen LogP) is 0.557. The summed E-state index contributed by atoms with van der Waals surface area (Å²) >= 11 is 0. The lowest BCUT2D eigenvalue weighted by atomic mass is 10.2. The second kappa shape index (κ2) is 5.31. The number of carbonyl (C=O) groups excluding carboxylic acids is 1. The largest absolute Gasteiger partial charge is 0.347 e. The van der Waals surface area contributed by atoms with Crippen molar-refractivity contribution < 1.29 is 4.79 Å². The molecular formula is C12H20N4O. The van der Waals surface area contributed by atoms with Crippen LogP contribution >= 0.6 is 0 Å². The van der Waals surface area contributed by atoms with Crippen molar-refractivity contribution in [3.63, 3.8) is 0 Å². The third-order valence-corrected chi connectivity index (χ3v) is 3.12. The lowest BCUT2D eigenvalue weighted by Crippen LogP contribution is -2.37. The summed E-state index contributed by atoms with van der Waals surface area (Å²) < 4.78 is 1.77. The molecule has 0 spiro atoms. The van der Waals surface area contributed by atoms with E-state index in [2.05, 4.69) is 15.7 Å². The van der Waals surface area contributed by atoms with E-state index in [1.165, 1.54) is 0 Å². The molecule has 0 aromatic carbocycles. The van der Waals surface area contributed by atoms with E-state index in [0.29, 0.717) is 5.69 Å². The Hall–Kier alpha value is -1.36. The van der Waals surface area contributed by atoms with Gasteiger partial charge < -0.3 is 10.6 Å². The van der Waals surface area contributed by atoms with Crippen LogP contribution in [0.1, 0.15) is 36.5 Å². The number of nitrogens with one attached hydrogen (secondary N) is 2. The topological polar surface area (TPSA) is 59.0 Å². The summed E-state index contributed by atoms with van der Waals surface area (Å²) in [6.07, 6.45) is 1.87. The van der Waals surface area contributed by atoms with Gasteiger partial charge in [-0.15, -0.1) is 0 Å². The van der Waals surface area contributed by atoms with Gasteiger partial charge in [-0.1, -0.05) is 6.92 Å². The van der Waals surface area contributed by atoms with E-state index in [1.54, 1.807) is 4.68 Å². The van der Waals surface area contributed by atoms with E-state index in [0.717, 1.165) is 38.2 Å². The number of aryl methyl sites for hydroxylation is 2. The zero-order valence-electron chi connectivity index (χ0n) is 10.5. The molecule has 2 heterocycles. The van der Waals surface area contributed by atoms with Crippen molar-refractivity contribution in [3.05, 3.63) is 17.5 Å². The average Bonchev–Trinajstić information content (AvgIpc) is 2.96. The van der Waals surface area contributed by atoms with Gasteiger partial charge >= 0.3 is 0 Å². The number of nitrogens with zero attached hydrogens (tertiary/aromatic N) is 2. The van der Waals surface area contributed by atoms with Crippen LogP contribution < -0.4 is 10.6 Å². The fourth-order valence-electron chi connectivity index (χ4n) is 2.10. The first-order chi connectivity index (χ1) is 8.24. The Balaban J connectivity index is 2.08. The van der Waals surface area contributed by atoms with Gasteiger partial charge in [0.25, 0.3) is 5.91 Å². The maximum absolute atomic E-state index is 12.1. The molecule has 2 N–H and O–H groups in total. The maximum Gasteiger partial charge on any atom is 0.269 e. The van der Waals surface area contributed by atoms with Crippen LogP contribution in [-0.4, -0.2) is 34.8 Å². The van der Waals surface area contributed by atoms with E-state index in [4.69, 9.17) is 0 Å². The summed E-state index contributed by atoms with van der Waals surface area (Å²) in [5.41, 5.74) is 1.65. The molecule has 0 bridgehead atoms. The molecule has 1 atom stereocenters. The van der Waals surface area contributed by atoms with Crippen LogP contribution in [0.15, 0.2) is 6.07 Å². The van der Waals surface area contributed by atoms with Crippen molar-refractivity contribution >= 4 is 5.91 Å². The van der Waals surface area contributed by atoms with Crippen LogP contribution in [-0.2, 0) is 13.0 Å². The number of aromatic nitrogens is 2. The smallest absolute Gasteiger partial charge is 0.269 e. The van der Waals surface area contributed by atoms with Gasteiger partial charge in [0.05, 0.1) is 5.69 Å². The average molecular weight is 236 g/mol. The highest BCUT2D eigenvalue weighted by atomic mass is 16.2. The summed E-state index contributed by atoms with van der Waals surface area (Å²) in [4.78, 5) is 12.1. The second-order valence-corrected chi connectivity index (χ2v) is 4.35. The fraction of sp³-hybridized carbons (Fsp3) is 0.667. The number of hydrogen-bond acceptors (Lipinski definition) is 3. The van der Waals surface area contributed by atoms with Gasteiger partial charge in [0.15, 0.2) is 0 Å². The number of amides is 1. The van der Waals surface area contributed by atoms with Crippen molar-refractivity contribution in [1.29, 1.82) is 0 Å². The first-order valence-corrected chi connectivity index (χ1v) is 6.32. The van der Waals surface area contributed by atoms with Gasteiger partial charge in [-0.05, 0) is 32.4 Å². The number of rotatable bonds is 4. The zero-order chi connectivity index (χ0) is 12.3. The zero-order valence-corrected chi connectivity index (χ0v) is 10.5. The summed E-state index contributed by atoms with van der Waals surface area (Å²) in [6, 6.07) is 2.15. The molecule has 0 aliphatic carbocycles. The summed E-state index contributed by atoms with van der Waals surface area (Å²) in [5, 5.41) is 10.7. The second-order valence-electron chi connectivity index (χ2n) is 4.35. The molecule has 1 aromatic heterocycles. The Morgan fingerprint density at radius 1 is 1.65 bits per heavy atom. The molecule has 0 saturated carbocycles. The molecule has 2 rings (SSSR count). The number of hydrogen-bond donors (Lipinski definition) is 2. The highest BCUT2D eigenvalue weighted by Gasteiger charge is 2.20. The quantitative estimate of drug-likeness (QED) is 0.803. The van der Waals surface area contributed by atoms with E-state index in [1.807, 2.05) is 19.9 Å². The Bertz CT molecular complexity index is 393. The lowest BCUT2D eigenvalue weighted by Gasteiger charge is -2.11. The van der Waals surface area contributed by atoms with Crippen LogP contribution in [0, 0.1) is 0 Å². The van der Waals surface area contributed by atoms with Gasteiger partial charge in [0, 0.05) is 19.1 Å². The minimum Gasteiger partial charge on any atom is -0.347 e. The molecule has 5 nitrogen and oxygen atoms in total. The standard InChI is InChI=1S/C12H20N4O/c1-3-9-7-11(16(4-2)15-9)12(17)14-10-5-6-13-8-10/h7,10,13H,3-6,8H2,1-2H3,(H,14,17). The number of carbonyl (C=O) groups is 1. The molecule has 94 valence electrons. The molecule has 1 unspecified atom stereocenters. The van der Waals surface area contributed by atoms with Crippen LogP contribution in [0.25, 0.3) is 0 Å². The van der Waals surface area contributed by atoms with Crippen LogP contribution in [0.4, 0.5) is 0 Å². The minimum absolute atomic E-state index is 0.00671. The Labute approximate surface area is 102 Å². The fourth-order valence-corrected chi connectivity index (χ4v) is 2.10. The first-order valence-electron chi connectivity index (χ1n) is 6.32. The van der Waals surface area contributed by atoms with E-state index in [-0.39, 0.29) is 11.9 Å². The molecule has 0 radical (unpaired) electrons. The highest BCUT2D eigenvalue weighted by molar-refractivity contribution is 5.92. The summed E-state index contributed by atoms with van der Waals surface area (Å²) in [6.45, 7) is 6.63. The first kappa shape index (κ1) is 12.1. The molecule has 5 heteroatoms. The van der Waals surface area contributed by atoms with Crippen LogP contribution in [0.5, 0.6) is 0 Å². The van der Waals surface area contributed by atoms with Crippen molar-refractivity contribution in [1.82, 2.24) is 20.4 Å². The molecule has 17 heavy (non-hydrogen) atoms. The van der Waals surface area contributed by atoms with Crippen LogP contribution in [0.3, 0.4) is 0 Å². The summed E-state index contributed by atoms with van der Waals surface area (Å²) in [5.74, 6) is -0.00671. The third-order valence-electron chi connectivity index (χ3n) is 3.12. The van der Waals surface area contributed by atoms with Gasteiger partial charge in [-0.2, -0.15) is 5.10 Å². The summed E-state index contributed by atoms with van der Waals surface area (Å²) in [7, 11) is 0. The van der Waals surface area contributed by atoms with E-state index >= 15 is 0 Å². The molecule has 1 fully saturated rings. The maximum atomic E-state index is 12.1. The van der Waals surface area contributed by atoms with Crippen molar-refractivity contribution in [2.24, 2.45) is 0 Å². The monoisotopic (exact) mass is 236 g/mol. The van der Waals surface area contributed by atoms with Gasteiger partial charge in [0.1, 0.15) is 5.69 Å². The molecule has 1 saturated heterocycles. The predicted molar refractivity (Wildman–Crippen MR) is 66.0 cm³/mol. The van der Waals surface area contributed by atoms with Crippen molar-refractivity contribution in [2.75, 3.05) is 13.1 Å². The minimum atomic E-state index is -0.00671. The third kappa shape index (κ3) is 2.66.